The van der Waals surface area contributed by atoms with Crippen LogP contribution in [0.3, 0.4) is 0 Å². The molecule has 3 aliphatic heterocycles. The molecule has 0 aliphatic carbocycles. The third-order valence-electron chi connectivity index (χ3n) is 4.04. The lowest BCUT2D eigenvalue weighted by atomic mass is 10.0. The second kappa shape index (κ2) is 4.72. The zero-order chi connectivity index (χ0) is 16.3. The molecule has 8 nitrogen and oxygen atoms in total. The molecule has 3 aliphatic rings. The molecule has 1 aromatic heterocycles. The highest BCUT2D eigenvalue weighted by Gasteiger charge is 2.49. The number of carboxylic acids is 1. The van der Waals surface area contributed by atoms with Gasteiger partial charge in [-0.05, 0) is 6.08 Å². The molecule has 118 valence electrons. The zero-order valence-electron chi connectivity index (χ0n) is 12.1. The Morgan fingerprint density at radius 3 is 2.96 bits per heavy atom. The first-order chi connectivity index (χ1) is 11.0. The molecule has 0 radical (unpaired) electrons. The lowest BCUT2D eigenvalue weighted by Crippen LogP contribution is -2.51. The van der Waals surface area contributed by atoms with Gasteiger partial charge in [0.15, 0.2) is 0 Å². The van der Waals surface area contributed by atoms with E-state index in [0.717, 1.165) is 5.82 Å². The third-order valence-corrected chi connectivity index (χ3v) is 5.13. The number of imidazole rings is 1. The summed E-state index contributed by atoms with van der Waals surface area (Å²) in [6.45, 7) is 0.677. The second-order valence-corrected chi connectivity index (χ2v) is 6.49. The van der Waals surface area contributed by atoms with Crippen LogP contribution in [0, 0.1) is 0 Å². The topological polar surface area (TPSA) is 95.7 Å². The maximum Gasteiger partial charge on any atom is 0.353 e. The molecule has 0 aromatic carbocycles. The Hall–Kier alpha value is -2.55. The van der Waals surface area contributed by atoms with E-state index in [-0.39, 0.29) is 29.4 Å². The molecular formula is C14H12N4O4S. The average Bonchev–Trinajstić information content (AvgIpc) is 3.06. The normalized spacial score (nSPS) is 24.5. The number of fused-ring (bicyclic) bond motifs is 2. The largest absolute Gasteiger partial charge is 0.477 e. The molecule has 1 unspecified atom stereocenters. The average molecular weight is 332 g/mol. The van der Waals surface area contributed by atoms with E-state index in [1.54, 1.807) is 28.8 Å². The molecular weight excluding hydrogens is 320 g/mol. The van der Waals surface area contributed by atoms with Crippen molar-refractivity contribution in [2.45, 2.75) is 18.5 Å². The van der Waals surface area contributed by atoms with Crippen molar-refractivity contribution in [1.29, 1.82) is 0 Å². The molecule has 2 amide bonds. The van der Waals surface area contributed by atoms with Gasteiger partial charge in [-0.15, -0.1) is 11.8 Å². The number of rotatable bonds is 2. The summed E-state index contributed by atoms with van der Waals surface area (Å²) < 4.78 is 1.78. The van der Waals surface area contributed by atoms with Gasteiger partial charge in [-0.1, -0.05) is 0 Å². The number of aliphatic carboxylic acids is 1. The number of β-lactam (4-membered cyclic amide) rings is 1. The van der Waals surface area contributed by atoms with E-state index in [2.05, 4.69) is 4.98 Å². The molecule has 9 heteroatoms. The molecule has 1 N–H and O–H groups in total. The highest BCUT2D eigenvalue weighted by molar-refractivity contribution is 8.03. The fraction of sp³-hybridized carbons (Fsp3) is 0.286. The number of hydrogen-bond acceptors (Lipinski definition) is 5. The minimum Gasteiger partial charge on any atom is -0.477 e. The van der Waals surface area contributed by atoms with Crippen molar-refractivity contribution in [3.05, 3.63) is 34.4 Å². The second-order valence-electron chi connectivity index (χ2n) is 5.53. The Kier molecular flexibility index (Phi) is 2.89. The lowest BCUT2D eigenvalue weighted by molar-refractivity contribution is -0.141. The van der Waals surface area contributed by atoms with Crippen LogP contribution in [-0.2, 0) is 27.5 Å². The maximum absolute atomic E-state index is 12.2. The standard InChI is InChI=1S/C14H12N4O4S/c1-16-4-10-15-7(3-17(10)5-11(16)19)2-8-12(20)18-9(14(21)22)6-23-13(8)18/h2-3,6,13H,4-5H2,1H3,(H,21,22)/b8-2+. The van der Waals surface area contributed by atoms with Crippen molar-refractivity contribution in [3.8, 4) is 0 Å². The molecule has 0 spiro atoms. The van der Waals surface area contributed by atoms with E-state index >= 15 is 0 Å². The number of carbonyl (C=O) groups excluding carboxylic acids is 2. The van der Waals surface area contributed by atoms with Gasteiger partial charge in [-0.3, -0.25) is 14.5 Å². The van der Waals surface area contributed by atoms with Crippen molar-refractivity contribution in [3.63, 3.8) is 0 Å². The minimum absolute atomic E-state index is 0.0125. The predicted octanol–water partition coefficient (Wildman–Crippen LogP) is 0.0796. The van der Waals surface area contributed by atoms with Crippen molar-refractivity contribution in [1.82, 2.24) is 19.4 Å². The van der Waals surface area contributed by atoms with Crippen LogP contribution < -0.4 is 0 Å². The first-order valence-corrected chi connectivity index (χ1v) is 7.84. The van der Waals surface area contributed by atoms with Crippen LogP contribution in [0.25, 0.3) is 6.08 Å². The Morgan fingerprint density at radius 1 is 1.43 bits per heavy atom. The van der Waals surface area contributed by atoms with E-state index in [1.165, 1.54) is 22.1 Å². The summed E-state index contributed by atoms with van der Waals surface area (Å²) in [5.41, 5.74) is 1.15. The van der Waals surface area contributed by atoms with Crippen LogP contribution in [0.5, 0.6) is 0 Å². The highest BCUT2D eigenvalue weighted by Crippen LogP contribution is 2.45. The Balaban J connectivity index is 1.59. The first kappa shape index (κ1) is 14.1. The van der Waals surface area contributed by atoms with E-state index < -0.39 is 5.97 Å². The number of carboxylic acid groups (broad SMARTS) is 1. The Bertz CT molecular complexity index is 825. The van der Waals surface area contributed by atoms with E-state index in [1.807, 2.05) is 0 Å². The highest BCUT2D eigenvalue weighted by atomic mass is 32.2. The van der Waals surface area contributed by atoms with Gasteiger partial charge in [0.25, 0.3) is 5.91 Å². The van der Waals surface area contributed by atoms with Crippen molar-refractivity contribution in [2.75, 3.05) is 7.05 Å². The number of hydrogen-bond donors (Lipinski definition) is 1. The Morgan fingerprint density at radius 2 is 2.22 bits per heavy atom. The van der Waals surface area contributed by atoms with Gasteiger partial charge >= 0.3 is 5.97 Å². The molecule has 0 saturated carbocycles. The molecule has 4 heterocycles. The molecule has 1 atom stereocenters. The monoisotopic (exact) mass is 332 g/mol. The van der Waals surface area contributed by atoms with E-state index in [9.17, 15) is 14.4 Å². The van der Waals surface area contributed by atoms with E-state index in [0.29, 0.717) is 17.8 Å². The van der Waals surface area contributed by atoms with Crippen LogP contribution in [0.4, 0.5) is 0 Å². The number of aromatic nitrogens is 2. The van der Waals surface area contributed by atoms with Crippen LogP contribution >= 0.6 is 11.8 Å². The first-order valence-electron chi connectivity index (χ1n) is 6.90. The van der Waals surface area contributed by atoms with Crippen molar-refractivity contribution >= 4 is 35.6 Å². The molecule has 23 heavy (non-hydrogen) atoms. The Labute approximate surface area is 135 Å². The zero-order valence-corrected chi connectivity index (χ0v) is 12.9. The van der Waals surface area contributed by atoms with Gasteiger partial charge < -0.3 is 14.6 Å². The SMILES string of the molecule is CN1Cc2nc(/C=C3\C(=O)N4C(C(=O)O)=CSC34)cn2CC1=O. The van der Waals surface area contributed by atoms with Gasteiger partial charge in [0.05, 0.1) is 17.8 Å². The van der Waals surface area contributed by atoms with Gasteiger partial charge in [0.1, 0.15) is 23.4 Å². The molecule has 4 rings (SSSR count). The summed E-state index contributed by atoms with van der Waals surface area (Å²) in [5.74, 6) is -0.633. The minimum atomic E-state index is -1.11. The number of carbonyl (C=O) groups is 3. The quantitative estimate of drug-likeness (QED) is 0.609. The predicted molar refractivity (Wildman–Crippen MR) is 80.6 cm³/mol. The molecule has 1 saturated heterocycles. The van der Waals surface area contributed by atoms with Gasteiger partial charge in [0, 0.05) is 18.7 Å². The van der Waals surface area contributed by atoms with Gasteiger partial charge in [0.2, 0.25) is 5.91 Å². The number of nitrogens with zero attached hydrogens (tertiary/aromatic N) is 4. The summed E-state index contributed by atoms with van der Waals surface area (Å²) in [6, 6.07) is 0. The smallest absolute Gasteiger partial charge is 0.353 e. The number of amides is 2. The molecule has 1 fully saturated rings. The maximum atomic E-state index is 12.2. The fourth-order valence-corrected chi connectivity index (χ4v) is 3.92. The number of likely N-dealkylation sites (N-methyl/N-ethyl adjacent to an activating group) is 1. The van der Waals surface area contributed by atoms with Crippen LogP contribution in [0.2, 0.25) is 0 Å². The number of thioether (sulfide) groups is 1. The summed E-state index contributed by atoms with van der Waals surface area (Å²) in [4.78, 5) is 42.2. The molecule has 0 bridgehead atoms. The fourth-order valence-electron chi connectivity index (χ4n) is 2.80. The lowest BCUT2D eigenvalue weighted by Gasteiger charge is -2.36. The summed E-state index contributed by atoms with van der Waals surface area (Å²) in [5, 5.41) is 10.2. The van der Waals surface area contributed by atoms with Crippen LogP contribution in [0.15, 0.2) is 22.9 Å². The summed E-state index contributed by atoms with van der Waals surface area (Å²) >= 11 is 1.29. The summed E-state index contributed by atoms with van der Waals surface area (Å²) in [6.07, 6.45) is 3.42. The third kappa shape index (κ3) is 2.00. The van der Waals surface area contributed by atoms with Gasteiger partial charge in [-0.25, -0.2) is 9.78 Å². The van der Waals surface area contributed by atoms with Crippen LogP contribution in [0.1, 0.15) is 11.5 Å². The van der Waals surface area contributed by atoms with Gasteiger partial charge in [-0.2, -0.15) is 0 Å². The molecule has 1 aromatic rings. The van der Waals surface area contributed by atoms with Crippen LogP contribution in [-0.4, -0.2) is 54.7 Å². The van der Waals surface area contributed by atoms with Crippen molar-refractivity contribution in [2.24, 2.45) is 0 Å². The van der Waals surface area contributed by atoms with Crippen molar-refractivity contribution < 1.29 is 19.5 Å². The summed E-state index contributed by atoms with van der Waals surface area (Å²) in [7, 11) is 1.72. The van der Waals surface area contributed by atoms with E-state index in [4.69, 9.17) is 5.11 Å².